The van der Waals surface area contributed by atoms with E-state index in [0.29, 0.717) is 0 Å². The van der Waals surface area contributed by atoms with Crippen LogP contribution in [0.3, 0.4) is 0 Å². The van der Waals surface area contributed by atoms with Crippen LogP contribution in [0.5, 0.6) is 0 Å². The lowest BCUT2D eigenvalue weighted by Gasteiger charge is -2.13. The second-order valence-electron chi connectivity index (χ2n) is 2.09. The molecule has 0 saturated heterocycles. The monoisotopic (exact) mass is 228 g/mol. The van der Waals surface area contributed by atoms with Crippen molar-refractivity contribution in [3.05, 3.63) is 0 Å². The molecular weight excluding hydrogens is 218 g/mol. The van der Waals surface area contributed by atoms with Gasteiger partial charge in [0.05, 0.1) is 11.5 Å². The molecule has 0 fully saturated rings. The predicted molar refractivity (Wildman–Crippen MR) is 46.5 cm³/mol. The Kier molecular flexibility index (Phi) is 3.86. The fourth-order valence-electron chi connectivity index (χ4n) is 0.521. The minimum absolute atomic E-state index is 0.250. The third kappa shape index (κ3) is 2.66. The molecule has 0 N–H and O–H groups in total. The Balaban J connectivity index is 5.30. The Bertz CT molecular complexity index is 334. The third-order valence-corrected chi connectivity index (χ3v) is 5.29. The molecule has 0 aliphatic carbocycles. The molecule has 0 spiro atoms. The first-order valence-electron chi connectivity index (χ1n) is 3.45. The summed E-state index contributed by atoms with van der Waals surface area (Å²) in [5.74, 6) is -0.914. The van der Waals surface area contributed by atoms with Crippen molar-refractivity contribution in [2.24, 2.45) is 0 Å². The molecule has 0 aliphatic heterocycles. The van der Waals surface area contributed by atoms with Gasteiger partial charge < -0.3 is 0 Å². The van der Waals surface area contributed by atoms with Crippen molar-refractivity contribution >= 4 is 26.5 Å². The molecule has 0 aromatic carbocycles. The summed E-state index contributed by atoms with van der Waals surface area (Å²) in [5, 5.41) is 0. The summed E-state index contributed by atoms with van der Waals surface area (Å²) in [7, 11) is -8.12. The highest BCUT2D eigenvalue weighted by Crippen LogP contribution is 2.06. The first kappa shape index (κ1) is 12.4. The van der Waals surface area contributed by atoms with Crippen LogP contribution >= 0.6 is 0 Å². The van der Waals surface area contributed by atoms with Crippen LogP contribution < -0.4 is 0 Å². The lowest BCUT2D eigenvalue weighted by atomic mass is 11.0. The summed E-state index contributed by atoms with van der Waals surface area (Å²) in [6.45, 7) is 2.48. The van der Waals surface area contributed by atoms with E-state index in [1.807, 2.05) is 0 Å². The molecule has 1 radical (unpaired) electrons. The van der Waals surface area contributed by atoms with Gasteiger partial charge in [-0.1, -0.05) is 0 Å². The Morgan fingerprint density at radius 1 is 1.00 bits per heavy atom. The van der Waals surface area contributed by atoms with Crippen molar-refractivity contribution in [3.63, 3.8) is 0 Å². The largest absolute Gasteiger partial charge is 0.341 e. The van der Waals surface area contributed by atoms with Crippen LogP contribution in [0.2, 0.25) is 0 Å². The average molecular weight is 228 g/mol. The molecule has 0 heterocycles. The number of amides is 1. The van der Waals surface area contributed by atoms with Gasteiger partial charge in [0.15, 0.2) is 0 Å². The molecule has 0 atom stereocenters. The Morgan fingerprint density at radius 2 is 1.31 bits per heavy atom. The Morgan fingerprint density at radius 3 is 1.46 bits per heavy atom. The van der Waals surface area contributed by atoms with Crippen LogP contribution in [0.1, 0.15) is 13.8 Å². The summed E-state index contributed by atoms with van der Waals surface area (Å²) >= 11 is 0. The molecule has 0 bridgehead atoms. The van der Waals surface area contributed by atoms with E-state index in [1.54, 1.807) is 0 Å². The van der Waals surface area contributed by atoms with Crippen LogP contribution in [0.4, 0.5) is 0 Å². The zero-order chi connectivity index (χ0) is 10.7. The van der Waals surface area contributed by atoms with E-state index in [-0.39, 0.29) is 3.71 Å². The minimum atomic E-state index is -4.06. The molecule has 0 unspecified atom stereocenters. The maximum atomic E-state index is 11.0. The summed E-state index contributed by atoms with van der Waals surface area (Å²) in [6.07, 6.45) is 0.892. The van der Waals surface area contributed by atoms with Crippen molar-refractivity contribution in [1.29, 1.82) is 0 Å². The standard InChI is InChI=1S/C5H10NO5S2/c1-3-12(8,9)6(5-7)13(10,11)4-2/h3-4H2,1-2H3. The van der Waals surface area contributed by atoms with Crippen molar-refractivity contribution in [3.8, 4) is 0 Å². The molecule has 6 nitrogen and oxygen atoms in total. The van der Waals surface area contributed by atoms with Crippen LogP contribution in [-0.4, -0.2) is 38.5 Å². The van der Waals surface area contributed by atoms with Gasteiger partial charge in [0.2, 0.25) is 0 Å². The number of nitrogens with zero attached hydrogens (tertiary/aromatic N) is 1. The number of hydrogen-bond donors (Lipinski definition) is 0. The number of rotatable bonds is 5. The Hall–Kier alpha value is -0.630. The molecular formula is C5H10NO5S2. The summed E-state index contributed by atoms with van der Waals surface area (Å²) in [5.41, 5.74) is 0. The predicted octanol–water partition coefficient (Wildman–Crippen LogP) is -0.945. The molecule has 8 heteroatoms. The van der Waals surface area contributed by atoms with E-state index in [4.69, 9.17) is 0 Å². The molecule has 0 aliphatic rings. The smallest absolute Gasteiger partial charge is 0.261 e. The first-order chi connectivity index (χ1) is 5.81. The van der Waals surface area contributed by atoms with Gasteiger partial charge >= 0.3 is 6.41 Å². The zero-order valence-corrected chi connectivity index (χ0v) is 8.85. The van der Waals surface area contributed by atoms with Crippen molar-refractivity contribution < 1.29 is 21.6 Å². The zero-order valence-electron chi connectivity index (χ0n) is 7.22. The topological polar surface area (TPSA) is 88.6 Å². The second kappa shape index (κ2) is 4.05. The average Bonchev–Trinajstić information content (AvgIpc) is 2.05. The number of sulfonamides is 2. The van der Waals surface area contributed by atoms with Gasteiger partial charge in [0.1, 0.15) is 0 Å². The van der Waals surface area contributed by atoms with E-state index < -0.39 is 31.6 Å². The first-order valence-corrected chi connectivity index (χ1v) is 6.67. The third-order valence-electron chi connectivity index (χ3n) is 1.31. The van der Waals surface area contributed by atoms with E-state index in [1.165, 1.54) is 13.8 Å². The second-order valence-corrected chi connectivity index (χ2v) is 6.53. The number of hydrogen-bond acceptors (Lipinski definition) is 5. The van der Waals surface area contributed by atoms with Crippen molar-refractivity contribution in [2.75, 3.05) is 11.5 Å². The van der Waals surface area contributed by atoms with Crippen LogP contribution in [-0.2, 0) is 24.8 Å². The normalized spacial score (nSPS) is 12.5. The van der Waals surface area contributed by atoms with Gasteiger partial charge in [-0.15, -0.1) is 3.71 Å². The van der Waals surface area contributed by atoms with Crippen molar-refractivity contribution in [2.45, 2.75) is 13.8 Å². The molecule has 0 aromatic rings. The van der Waals surface area contributed by atoms with Gasteiger partial charge in [0, 0.05) is 0 Å². The summed E-state index contributed by atoms with van der Waals surface area (Å²) in [4.78, 5) is 10.2. The maximum Gasteiger partial charge on any atom is 0.341 e. The van der Waals surface area contributed by atoms with Gasteiger partial charge in [0.25, 0.3) is 20.0 Å². The van der Waals surface area contributed by atoms with Crippen LogP contribution in [0.15, 0.2) is 0 Å². The quantitative estimate of drug-likeness (QED) is 0.566. The lowest BCUT2D eigenvalue weighted by molar-refractivity contribution is 0.508. The molecule has 77 valence electrons. The molecule has 0 rings (SSSR count). The van der Waals surface area contributed by atoms with Crippen LogP contribution in [0.25, 0.3) is 0 Å². The highest BCUT2D eigenvalue weighted by Gasteiger charge is 2.30. The molecule has 0 saturated carbocycles. The van der Waals surface area contributed by atoms with E-state index in [2.05, 4.69) is 0 Å². The fourth-order valence-corrected chi connectivity index (χ4v) is 3.23. The van der Waals surface area contributed by atoms with Crippen LogP contribution in [0, 0.1) is 0 Å². The fraction of sp³-hybridized carbons (Fsp3) is 0.800. The molecule has 13 heavy (non-hydrogen) atoms. The molecule has 0 aromatic heterocycles. The highest BCUT2D eigenvalue weighted by molar-refractivity contribution is 8.04. The molecule has 1 amide bonds. The number of carbonyl (C=O) groups excluding carboxylic acids is 1. The van der Waals surface area contributed by atoms with E-state index in [9.17, 15) is 21.6 Å². The summed E-state index contributed by atoms with van der Waals surface area (Å²) in [6, 6.07) is 0. The van der Waals surface area contributed by atoms with E-state index >= 15 is 0 Å². The van der Waals surface area contributed by atoms with Gasteiger partial charge in [-0.25, -0.2) is 16.8 Å². The van der Waals surface area contributed by atoms with Gasteiger partial charge in [-0.3, -0.25) is 4.79 Å². The van der Waals surface area contributed by atoms with Gasteiger partial charge in [-0.05, 0) is 13.8 Å². The van der Waals surface area contributed by atoms with E-state index in [0.717, 1.165) is 6.41 Å². The highest BCUT2D eigenvalue weighted by atomic mass is 32.3. The van der Waals surface area contributed by atoms with Gasteiger partial charge in [-0.2, -0.15) is 0 Å². The Labute approximate surface area is 77.6 Å². The maximum absolute atomic E-state index is 11.0. The van der Waals surface area contributed by atoms with Crippen molar-refractivity contribution in [1.82, 2.24) is 3.71 Å². The minimum Gasteiger partial charge on any atom is -0.261 e. The lowest BCUT2D eigenvalue weighted by Crippen LogP contribution is -2.37. The SMILES string of the molecule is CCS(=O)(=O)N([C]=O)S(=O)(=O)CC. The summed E-state index contributed by atoms with van der Waals surface area (Å²) < 4.78 is 43.8.